The van der Waals surface area contributed by atoms with E-state index in [0.29, 0.717) is 17.7 Å². The topological polar surface area (TPSA) is 65.7 Å². The van der Waals surface area contributed by atoms with Crippen LogP contribution in [0, 0.1) is 0 Å². The van der Waals surface area contributed by atoms with Crippen molar-refractivity contribution in [2.24, 2.45) is 0 Å². The molecule has 1 fully saturated rings. The van der Waals surface area contributed by atoms with Gasteiger partial charge in [0.1, 0.15) is 0 Å². The molecule has 20 heavy (non-hydrogen) atoms. The Morgan fingerprint density at radius 3 is 2.95 bits per heavy atom. The molecule has 1 aliphatic rings. The lowest BCUT2D eigenvalue weighted by molar-refractivity contribution is 0.379. The maximum atomic E-state index is 5.08. The first-order valence-corrected chi connectivity index (χ1v) is 6.57. The van der Waals surface area contributed by atoms with Crippen molar-refractivity contribution in [2.45, 2.75) is 18.8 Å². The lowest BCUT2D eigenvalue weighted by atomic mass is 10.2. The number of methoxy groups -OCH3 is 1. The minimum atomic E-state index is 0.341. The molecule has 100 valence electrons. The first-order valence-electron chi connectivity index (χ1n) is 6.57. The monoisotopic (exact) mass is 267 g/mol. The summed E-state index contributed by atoms with van der Waals surface area (Å²) in [6.07, 6.45) is 7.73. The fourth-order valence-corrected chi connectivity index (χ4v) is 2.37. The molecule has 0 amide bonds. The van der Waals surface area contributed by atoms with Crippen molar-refractivity contribution in [1.82, 2.24) is 24.7 Å². The standard InChI is InChI=1S/C14H13N5O/c1-20-14-16-7-5-12(17-14)19-11-4-6-15-8-10(11)13(18-19)9-2-3-9/h4-9H,2-3H2,1H3. The third kappa shape index (κ3) is 1.72. The van der Waals surface area contributed by atoms with Gasteiger partial charge in [0, 0.05) is 36.0 Å². The van der Waals surface area contributed by atoms with Crippen molar-refractivity contribution in [3.63, 3.8) is 0 Å². The van der Waals surface area contributed by atoms with E-state index in [-0.39, 0.29) is 0 Å². The van der Waals surface area contributed by atoms with Gasteiger partial charge in [0.2, 0.25) is 0 Å². The normalized spacial score (nSPS) is 14.7. The molecular formula is C14H13N5O. The van der Waals surface area contributed by atoms with Crippen molar-refractivity contribution < 1.29 is 4.74 Å². The molecule has 6 heteroatoms. The molecule has 0 radical (unpaired) electrons. The Morgan fingerprint density at radius 2 is 2.15 bits per heavy atom. The fraction of sp³-hybridized carbons (Fsp3) is 0.286. The highest BCUT2D eigenvalue weighted by Crippen LogP contribution is 2.42. The van der Waals surface area contributed by atoms with E-state index in [0.717, 1.165) is 16.6 Å². The van der Waals surface area contributed by atoms with Crippen LogP contribution in [0.3, 0.4) is 0 Å². The van der Waals surface area contributed by atoms with Crippen LogP contribution in [0.5, 0.6) is 6.01 Å². The lowest BCUT2D eigenvalue weighted by Crippen LogP contribution is -2.02. The number of ether oxygens (including phenoxy) is 1. The third-order valence-corrected chi connectivity index (χ3v) is 3.49. The van der Waals surface area contributed by atoms with Gasteiger partial charge in [0.25, 0.3) is 0 Å². The van der Waals surface area contributed by atoms with Gasteiger partial charge >= 0.3 is 6.01 Å². The molecule has 1 aliphatic carbocycles. The largest absolute Gasteiger partial charge is 0.467 e. The Kier molecular flexibility index (Phi) is 2.42. The molecule has 0 spiro atoms. The number of aromatic nitrogens is 5. The minimum Gasteiger partial charge on any atom is -0.467 e. The average molecular weight is 267 g/mol. The summed E-state index contributed by atoms with van der Waals surface area (Å²) >= 11 is 0. The summed E-state index contributed by atoms with van der Waals surface area (Å²) in [4.78, 5) is 12.6. The Labute approximate surface area is 115 Å². The van der Waals surface area contributed by atoms with Gasteiger partial charge in [-0.05, 0) is 18.9 Å². The average Bonchev–Trinajstić information content (AvgIpc) is 3.28. The van der Waals surface area contributed by atoms with Crippen molar-refractivity contribution in [3.8, 4) is 11.8 Å². The van der Waals surface area contributed by atoms with Crippen LogP contribution in [0.2, 0.25) is 0 Å². The second kappa shape index (κ2) is 4.26. The quantitative estimate of drug-likeness (QED) is 0.727. The Bertz CT molecular complexity index is 778. The van der Waals surface area contributed by atoms with Crippen LogP contribution in [0.25, 0.3) is 16.7 Å². The van der Waals surface area contributed by atoms with E-state index in [4.69, 9.17) is 9.84 Å². The van der Waals surface area contributed by atoms with Crippen LogP contribution in [0.15, 0.2) is 30.7 Å². The van der Waals surface area contributed by atoms with Gasteiger partial charge in [-0.25, -0.2) is 9.67 Å². The second-order valence-corrected chi connectivity index (χ2v) is 4.87. The van der Waals surface area contributed by atoms with E-state index < -0.39 is 0 Å². The molecule has 0 aliphatic heterocycles. The van der Waals surface area contributed by atoms with E-state index >= 15 is 0 Å². The molecule has 6 nitrogen and oxygen atoms in total. The van der Waals surface area contributed by atoms with E-state index in [2.05, 4.69) is 15.0 Å². The highest BCUT2D eigenvalue weighted by atomic mass is 16.5. The number of nitrogens with zero attached hydrogens (tertiary/aromatic N) is 5. The summed E-state index contributed by atoms with van der Waals surface area (Å²) < 4.78 is 6.92. The first-order chi connectivity index (χ1) is 9.86. The molecule has 0 bridgehead atoms. The minimum absolute atomic E-state index is 0.341. The van der Waals surface area contributed by atoms with Crippen molar-refractivity contribution >= 4 is 10.9 Å². The third-order valence-electron chi connectivity index (χ3n) is 3.49. The second-order valence-electron chi connectivity index (χ2n) is 4.87. The van der Waals surface area contributed by atoms with E-state index in [9.17, 15) is 0 Å². The molecule has 3 heterocycles. The van der Waals surface area contributed by atoms with Gasteiger partial charge in [-0.1, -0.05) is 0 Å². The zero-order valence-electron chi connectivity index (χ0n) is 11.0. The van der Waals surface area contributed by atoms with Gasteiger partial charge in [0.05, 0.1) is 18.3 Å². The summed E-state index contributed by atoms with van der Waals surface area (Å²) in [7, 11) is 1.56. The molecule has 0 N–H and O–H groups in total. The van der Waals surface area contributed by atoms with Gasteiger partial charge in [0.15, 0.2) is 5.82 Å². The maximum absolute atomic E-state index is 5.08. The van der Waals surface area contributed by atoms with Crippen molar-refractivity contribution in [1.29, 1.82) is 0 Å². The molecular weight excluding hydrogens is 254 g/mol. The van der Waals surface area contributed by atoms with Gasteiger partial charge < -0.3 is 4.74 Å². The summed E-state index contributed by atoms with van der Waals surface area (Å²) in [6, 6.07) is 4.13. The molecule has 0 saturated heterocycles. The van der Waals surface area contributed by atoms with E-state index in [1.807, 2.05) is 23.0 Å². The first kappa shape index (κ1) is 11.3. The predicted molar refractivity (Wildman–Crippen MR) is 73.0 cm³/mol. The van der Waals surface area contributed by atoms with Crippen LogP contribution in [0.4, 0.5) is 0 Å². The number of hydrogen-bond acceptors (Lipinski definition) is 5. The SMILES string of the molecule is COc1nccc(-n2nc(C3CC3)c3cnccc32)n1. The van der Waals surface area contributed by atoms with Crippen LogP contribution >= 0.6 is 0 Å². The summed E-state index contributed by atoms with van der Waals surface area (Å²) in [5.41, 5.74) is 2.13. The van der Waals surface area contributed by atoms with Crippen LogP contribution in [0.1, 0.15) is 24.5 Å². The molecule has 4 rings (SSSR count). The molecule has 1 saturated carbocycles. The molecule has 0 atom stereocenters. The van der Waals surface area contributed by atoms with Gasteiger partial charge in [-0.15, -0.1) is 0 Å². The Morgan fingerprint density at radius 1 is 1.25 bits per heavy atom. The van der Waals surface area contributed by atoms with E-state index in [1.54, 1.807) is 19.5 Å². The molecule has 0 unspecified atom stereocenters. The van der Waals surface area contributed by atoms with Crippen LogP contribution in [-0.2, 0) is 0 Å². The number of fused-ring (bicyclic) bond motifs is 1. The van der Waals surface area contributed by atoms with Crippen LogP contribution < -0.4 is 4.74 Å². The summed E-state index contributed by atoms with van der Waals surface area (Å²) in [5, 5.41) is 5.83. The van der Waals surface area contributed by atoms with Crippen molar-refractivity contribution in [3.05, 3.63) is 36.4 Å². The zero-order chi connectivity index (χ0) is 13.5. The summed E-state index contributed by atoms with van der Waals surface area (Å²) in [5.74, 6) is 1.27. The van der Waals surface area contributed by atoms with Crippen molar-refractivity contribution in [2.75, 3.05) is 7.11 Å². The number of pyridine rings is 1. The van der Waals surface area contributed by atoms with Crippen LogP contribution in [-0.4, -0.2) is 31.8 Å². The number of rotatable bonds is 3. The van der Waals surface area contributed by atoms with Gasteiger partial charge in [-0.3, -0.25) is 4.98 Å². The molecule has 3 aromatic rings. The Balaban J connectivity index is 1.94. The Hall–Kier alpha value is -2.50. The molecule has 3 aromatic heterocycles. The maximum Gasteiger partial charge on any atom is 0.318 e. The lowest BCUT2D eigenvalue weighted by Gasteiger charge is -2.03. The number of hydrogen-bond donors (Lipinski definition) is 0. The summed E-state index contributed by atoms with van der Waals surface area (Å²) in [6.45, 7) is 0. The van der Waals surface area contributed by atoms with Gasteiger partial charge in [-0.2, -0.15) is 10.1 Å². The van der Waals surface area contributed by atoms with E-state index in [1.165, 1.54) is 12.8 Å². The fourth-order valence-electron chi connectivity index (χ4n) is 2.37. The zero-order valence-corrected chi connectivity index (χ0v) is 11.0. The predicted octanol–water partition coefficient (Wildman–Crippen LogP) is 2.10. The highest BCUT2D eigenvalue weighted by molar-refractivity contribution is 5.83. The molecule has 0 aromatic carbocycles. The smallest absolute Gasteiger partial charge is 0.318 e. The highest BCUT2D eigenvalue weighted by Gasteiger charge is 2.29.